The first-order valence-corrected chi connectivity index (χ1v) is 10.6. The Balaban J connectivity index is 1.70. The fourth-order valence-electron chi connectivity index (χ4n) is 3.57. The minimum absolute atomic E-state index is 1.06. The molecule has 0 bridgehead atoms. The molecule has 0 radical (unpaired) electrons. The Hall–Kier alpha value is -3.23. The van der Waals surface area contributed by atoms with Crippen molar-refractivity contribution in [3.63, 3.8) is 0 Å². The summed E-state index contributed by atoms with van der Waals surface area (Å²) in [5.74, 6) is 0. The summed E-state index contributed by atoms with van der Waals surface area (Å²) in [5, 5.41) is 1.06. The number of fused-ring (bicyclic) bond motifs is 1. The standard InChI is InChI=1S/C27H21NS/c1-18-7-11-20(12-8-18)22-15-23(21-13-9-19(2)10-14-21)17-24(16-22)27-28-25-5-3-4-6-26(25)29-27/h3-17H,1-2H3. The molecule has 0 amide bonds. The van der Waals surface area contributed by atoms with Crippen LogP contribution in [-0.4, -0.2) is 4.98 Å². The number of nitrogens with zero attached hydrogens (tertiary/aromatic N) is 1. The van der Waals surface area contributed by atoms with Crippen molar-refractivity contribution in [3.8, 4) is 32.8 Å². The van der Waals surface area contributed by atoms with E-state index >= 15 is 0 Å². The van der Waals surface area contributed by atoms with Crippen LogP contribution in [0.5, 0.6) is 0 Å². The number of hydrogen-bond donors (Lipinski definition) is 0. The molecule has 140 valence electrons. The third-order valence-corrected chi connectivity index (χ3v) is 6.33. The van der Waals surface area contributed by atoms with E-state index in [0.29, 0.717) is 0 Å². The highest BCUT2D eigenvalue weighted by molar-refractivity contribution is 7.21. The molecule has 29 heavy (non-hydrogen) atoms. The predicted molar refractivity (Wildman–Crippen MR) is 125 cm³/mol. The van der Waals surface area contributed by atoms with E-state index in [2.05, 4.69) is 98.8 Å². The molecule has 5 rings (SSSR count). The van der Waals surface area contributed by atoms with Gasteiger partial charge in [-0.25, -0.2) is 4.98 Å². The van der Waals surface area contributed by atoms with Crippen LogP contribution < -0.4 is 0 Å². The Morgan fingerprint density at radius 1 is 0.552 bits per heavy atom. The van der Waals surface area contributed by atoms with Gasteiger partial charge in [0.2, 0.25) is 0 Å². The van der Waals surface area contributed by atoms with E-state index in [1.165, 1.54) is 43.6 Å². The Morgan fingerprint density at radius 2 is 1.07 bits per heavy atom. The molecule has 1 nitrogen and oxygen atoms in total. The van der Waals surface area contributed by atoms with E-state index in [4.69, 9.17) is 4.98 Å². The second kappa shape index (κ2) is 7.31. The zero-order valence-corrected chi connectivity index (χ0v) is 17.3. The maximum atomic E-state index is 4.90. The van der Waals surface area contributed by atoms with Gasteiger partial charge in [0.25, 0.3) is 0 Å². The molecular formula is C27H21NS. The highest BCUT2D eigenvalue weighted by Gasteiger charge is 2.11. The van der Waals surface area contributed by atoms with Crippen molar-refractivity contribution in [3.05, 3.63) is 102 Å². The van der Waals surface area contributed by atoms with Crippen LogP contribution in [0, 0.1) is 13.8 Å². The first-order chi connectivity index (χ1) is 14.2. The van der Waals surface area contributed by atoms with Crippen molar-refractivity contribution in [2.45, 2.75) is 13.8 Å². The van der Waals surface area contributed by atoms with Crippen LogP contribution in [0.15, 0.2) is 91.0 Å². The van der Waals surface area contributed by atoms with Crippen LogP contribution in [0.4, 0.5) is 0 Å². The highest BCUT2D eigenvalue weighted by Crippen LogP contribution is 2.36. The molecule has 0 spiro atoms. The van der Waals surface area contributed by atoms with Gasteiger partial charge in [0.1, 0.15) is 5.01 Å². The molecule has 0 aliphatic carbocycles. The monoisotopic (exact) mass is 391 g/mol. The first kappa shape index (κ1) is 17.8. The predicted octanol–water partition coefficient (Wildman–Crippen LogP) is 7.91. The van der Waals surface area contributed by atoms with E-state index in [0.717, 1.165) is 10.5 Å². The summed E-state index contributed by atoms with van der Waals surface area (Å²) in [4.78, 5) is 4.90. The van der Waals surface area contributed by atoms with Crippen LogP contribution in [0.2, 0.25) is 0 Å². The minimum Gasteiger partial charge on any atom is -0.236 e. The number of benzene rings is 4. The van der Waals surface area contributed by atoms with Gasteiger partial charge in [-0.1, -0.05) is 71.8 Å². The number of hydrogen-bond acceptors (Lipinski definition) is 2. The van der Waals surface area contributed by atoms with Crippen molar-refractivity contribution in [1.82, 2.24) is 4.98 Å². The van der Waals surface area contributed by atoms with E-state index in [9.17, 15) is 0 Å². The number of rotatable bonds is 3. The van der Waals surface area contributed by atoms with Gasteiger partial charge >= 0.3 is 0 Å². The second-order valence-corrected chi connectivity index (χ2v) is 8.55. The lowest BCUT2D eigenvalue weighted by molar-refractivity contribution is 1.45. The van der Waals surface area contributed by atoms with Gasteiger partial charge in [-0.2, -0.15) is 0 Å². The van der Waals surface area contributed by atoms with Crippen LogP contribution in [-0.2, 0) is 0 Å². The number of aryl methyl sites for hydroxylation is 2. The maximum absolute atomic E-state index is 4.90. The van der Waals surface area contributed by atoms with E-state index in [1.807, 2.05) is 6.07 Å². The highest BCUT2D eigenvalue weighted by atomic mass is 32.1. The van der Waals surface area contributed by atoms with E-state index in [1.54, 1.807) is 11.3 Å². The van der Waals surface area contributed by atoms with Crippen LogP contribution >= 0.6 is 11.3 Å². The Labute approximate surface area is 175 Å². The molecule has 5 aromatic rings. The summed E-state index contributed by atoms with van der Waals surface area (Å²) in [6.07, 6.45) is 0. The van der Waals surface area contributed by atoms with Crippen molar-refractivity contribution in [2.75, 3.05) is 0 Å². The largest absolute Gasteiger partial charge is 0.236 e. The zero-order chi connectivity index (χ0) is 19.8. The van der Waals surface area contributed by atoms with Crippen molar-refractivity contribution < 1.29 is 0 Å². The van der Waals surface area contributed by atoms with Crippen molar-refractivity contribution in [1.29, 1.82) is 0 Å². The molecule has 1 heterocycles. The summed E-state index contributed by atoms with van der Waals surface area (Å²) in [6.45, 7) is 4.25. The summed E-state index contributed by atoms with van der Waals surface area (Å²) < 4.78 is 1.22. The first-order valence-electron chi connectivity index (χ1n) is 9.81. The third-order valence-electron chi connectivity index (χ3n) is 5.24. The quantitative estimate of drug-likeness (QED) is 0.304. The van der Waals surface area contributed by atoms with E-state index in [-0.39, 0.29) is 0 Å². The summed E-state index contributed by atoms with van der Waals surface area (Å²) in [6, 6.07) is 32.6. The van der Waals surface area contributed by atoms with Crippen LogP contribution in [0.25, 0.3) is 43.0 Å². The topological polar surface area (TPSA) is 12.9 Å². The SMILES string of the molecule is Cc1ccc(-c2cc(-c3ccc(C)cc3)cc(-c3nc4ccccc4s3)c2)cc1. The molecule has 2 heteroatoms. The number of aromatic nitrogens is 1. The molecule has 0 N–H and O–H groups in total. The number of para-hydroxylation sites is 1. The van der Waals surface area contributed by atoms with Gasteiger partial charge in [0, 0.05) is 5.56 Å². The molecule has 0 atom stereocenters. The van der Waals surface area contributed by atoms with Gasteiger partial charge in [0.15, 0.2) is 0 Å². The molecule has 0 fully saturated rings. The fraction of sp³-hybridized carbons (Fsp3) is 0.0741. The average Bonchev–Trinajstić information content (AvgIpc) is 3.19. The maximum Gasteiger partial charge on any atom is 0.124 e. The van der Waals surface area contributed by atoms with Crippen molar-refractivity contribution >= 4 is 21.6 Å². The number of thiazole rings is 1. The smallest absolute Gasteiger partial charge is 0.124 e. The van der Waals surface area contributed by atoms with Crippen LogP contribution in [0.3, 0.4) is 0 Å². The lowest BCUT2D eigenvalue weighted by Crippen LogP contribution is -1.86. The van der Waals surface area contributed by atoms with E-state index < -0.39 is 0 Å². The van der Waals surface area contributed by atoms with Gasteiger partial charge in [-0.15, -0.1) is 11.3 Å². The molecule has 1 aromatic heterocycles. The van der Waals surface area contributed by atoms with Gasteiger partial charge < -0.3 is 0 Å². The Morgan fingerprint density at radius 3 is 1.62 bits per heavy atom. The Bertz CT molecular complexity index is 1200. The minimum atomic E-state index is 1.06. The normalized spacial score (nSPS) is 11.1. The third kappa shape index (κ3) is 3.59. The average molecular weight is 392 g/mol. The van der Waals surface area contributed by atoms with Crippen molar-refractivity contribution in [2.24, 2.45) is 0 Å². The van der Waals surface area contributed by atoms with Gasteiger partial charge in [-0.05, 0) is 66.4 Å². The molecule has 0 aliphatic rings. The molecule has 0 unspecified atom stereocenters. The zero-order valence-electron chi connectivity index (χ0n) is 16.5. The summed E-state index contributed by atoms with van der Waals surface area (Å²) in [7, 11) is 0. The van der Waals surface area contributed by atoms with Gasteiger partial charge in [-0.3, -0.25) is 0 Å². The summed E-state index contributed by atoms with van der Waals surface area (Å²) in [5.41, 5.74) is 9.67. The lowest BCUT2D eigenvalue weighted by Gasteiger charge is -2.10. The molecule has 4 aromatic carbocycles. The second-order valence-electron chi connectivity index (χ2n) is 7.52. The van der Waals surface area contributed by atoms with Crippen LogP contribution in [0.1, 0.15) is 11.1 Å². The lowest BCUT2D eigenvalue weighted by atomic mass is 9.95. The Kier molecular flexibility index (Phi) is 4.49. The molecular weight excluding hydrogens is 370 g/mol. The molecule has 0 saturated heterocycles. The molecule has 0 saturated carbocycles. The fourth-order valence-corrected chi connectivity index (χ4v) is 4.52. The van der Waals surface area contributed by atoms with Gasteiger partial charge in [0.05, 0.1) is 10.2 Å². The molecule has 0 aliphatic heterocycles. The summed E-state index contributed by atoms with van der Waals surface area (Å²) >= 11 is 1.75.